The summed E-state index contributed by atoms with van der Waals surface area (Å²) in [6, 6.07) is 3.32. The molecule has 0 aliphatic heterocycles. The summed E-state index contributed by atoms with van der Waals surface area (Å²) in [6.07, 6.45) is 6.17. The number of rotatable bonds is 5. The SMILES string of the molecule is CCCN(C(=O)c1nc2ncccc2o1)C(=O)C1(C(N)=O)CCCCCC1. The maximum absolute atomic E-state index is 13.4. The van der Waals surface area contributed by atoms with Crippen molar-refractivity contribution in [2.45, 2.75) is 51.9 Å². The fourth-order valence-corrected chi connectivity index (χ4v) is 3.65. The van der Waals surface area contributed by atoms with Crippen LogP contribution in [0.5, 0.6) is 0 Å². The molecule has 144 valence electrons. The number of carbonyl (C=O) groups is 3. The molecule has 2 N–H and O–H groups in total. The van der Waals surface area contributed by atoms with Gasteiger partial charge in [0.2, 0.25) is 11.8 Å². The minimum Gasteiger partial charge on any atom is -0.431 e. The third kappa shape index (κ3) is 3.56. The van der Waals surface area contributed by atoms with E-state index >= 15 is 0 Å². The van der Waals surface area contributed by atoms with Crippen molar-refractivity contribution in [1.29, 1.82) is 0 Å². The fourth-order valence-electron chi connectivity index (χ4n) is 3.65. The van der Waals surface area contributed by atoms with E-state index in [0.29, 0.717) is 30.5 Å². The van der Waals surface area contributed by atoms with Gasteiger partial charge in [-0.3, -0.25) is 19.3 Å². The summed E-state index contributed by atoms with van der Waals surface area (Å²) in [5.74, 6) is -2.08. The molecule has 2 heterocycles. The lowest BCUT2D eigenvalue weighted by atomic mass is 9.78. The highest BCUT2D eigenvalue weighted by molar-refractivity contribution is 6.12. The Kier molecular flexibility index (Phi) is 5.53. The van der Waals surface area contributed by atoms with Gasteiger partial charge >= 0.3 is 5.91 Å². The number of pyridine rings is 1. The Bertz CT molecular complexity index is 819. The molecule has 0 bridgehead atoms. The normalized spacial score (nSPS) is 16.6. The molecule has 1 fully saturated rings. The first-order valence-electron chi connectivity index (χ1n) is 9.37. The van der Waals surface area contributed by atoms with Crippen LogP contribution in [-0.2, 0) is 9.59 Å². The molecule has 0 spiro atoms. The zero-order chi connectivity index (χ0) is 19.4. The molecule has 0 atom stereocenters. The van der Waals surface area contributed by atoms with E-state index in [1.807, 2.05) is 6.92 Å². The summed E-state index contributed by atoms with van der Waals surface area (Å²) in [4.78, 5) is 47.9. The molecule has 3 amide bonds. The van der Waals surface area contributed by atoms with Gasteiger partial charge in [-0.15, -0.1) is 0 Å². The summed E-state index contributed by atoms with van der Waals surface area (Å²) in [5.41, 5.74) is 4.98. The maximum Gasteiger partial charge on any atom is 0.316 e. The molecule has 0 saturated heterocycles. The van der Waals surface area contributed by atoms with Gasteiger partial charge in [0.05, 0.1) is 0 Å². The molecule has 3 rings (SSSR count). The van der Waals surface area contributed by atoms with Gasteiger partial charge in [0.25, 0.3) is 5.89 Å². The van der Waals surface area contributed by atoms with Crippen LogP contribution in [0.3, 0.4) is 0 Å². The maximum atomic E-state index is 13.4. The van der Waals surface area contributed by atoms with Crippen LogP contribution >= 0.6 is 0 Å². The van der Waals surface area contributed by atoms with Crippen LogP contribution < -0.4 is 5.73 Å². The molecule has 8 nitrogen and oxygen atoms in total. The van der Waals surface area contributed by atoms with Crippen molar-refractivity contribution < 1.29 is 18.8 Å². The Morgan fingerprint density at radius 1 is 1.22 bits per heavy atom. The molecular formula is C19H24N4O4. The standard InChI is InChI=1S/C19H24N4O4/c1-2-12-23(16(24)15-22-14-13(27-15)8-7-11-21-14)18(26)19(17(20)25)9-5-3-4-6-10-19/h7-8,11H,2-6,9-10,12H2,1H3,(H2,20,25). The summed E-state index contributed by atoms with van der Waals surface area (Å²) in [5, 5.41) is 0. The number of imide groups is 1. The van der Waals surface area contributed by atoms with Crippen molar-refractivity contribution in [2.75, 3.05) is 6.54 Å². The van der Waals surface area contributed by atoms with Crippen molar-refractivity contribution in [1.82, 2.24) is 14.9 Å². The second kappa shape index (κ2) is 7.85. The van der Waals surface area contributed by atoms with Crippen LogP contribution in [0.4, 0.5) is 0 Å². The minimum absolute atomic E-state index is 0.166. The van der Waals surface area contributed by atoms with E-state index in [-0.39, 0.29) is 12.4 Å². The van der Waals surface area contributed by atoms with Gasteiger partial charge in [0.1, 0.15) is 5.41 Å². The topological polar surface area (TPSA) is 119 Å². The van der Waals surface area contributed by atoms with Gasteiger partial charge in [0.15, 0.2) is 11.2 Å². The Morgan fingerprint density at radius 2 is 1.93 bits per heavy atom. The predicted octanol–water partition coefficient (Wildman–Crippen LogP) is 2.43. The molecule has 1 aliphatic rings. The number of carbonyl (C=O) groups excluding carboxylic acids is 3. The van der Waals surface area contributed by atoms with E-state index in [1.54, 1.807) is 18.3 Å². The van der Waals surface area contributed by atoms with Crippen molar-refractivity contribution >= 4 is 29.0 Å². The summed E-state index contributed by atoms with van der Waals surface area (Å²) in [6.45, 7) is 2.02. The largest absolute Gasteiger partial charge is 0.431 e. The van der Waals surface area contributed by atoms with Gasteiger partial charge < -0.3 is 10.2 Å². The average molecular weight is 372 g/mol. The van der Waals surface area contributed by atoms with Gasteiger partial charge in [0, 0.05) is 12.7 Å². The highest BCUT2D eigenvalue weighted by Gasteiger charge is 2.48. The van der Waals surface area contributed by atoms with E-state index in [9.17, 15) is 14.4 Å². The highest BCUT2D eigenvalue weighted by atomic mass is 16.4. The van der Waals surface area contributed by atoms with Gasteiger partial charge in [-0.05, 0) is 31.4 Å². The minimum atomic E-state index is -1.34. The molecule has 0 unspecified atom stereocenters. The van der Waals surface area contributed by atoms with Crippen LogP contribution in [-0.4, -0.2) is 39.1 Å². The van der Waals surface area contributed by atoms with E-state index in [4.69, 9.17) is 10.2 Å². The second-order valence-electron chi connectivity index (χ2n) is 6.97. The van der Waals surface area contributed by atoms with Crippen LogP contribution in [0.25, 0.3) is 11.2 Å². The van der Waals surface area contributed by atoms with E-state index in [2.05, 4.69) is 9.97 Å². The first-order valence-corrected chi connectivity index (χ1v) is 9.37. The Morgan fingerprint density at radius 3 is 2.52 bits per heavy atom. The number of fused-ring (bicyclic) bond motifs is 1. The number of nitrogens with two attached hydrogens (primary N) is 1. The number of primary amides is 1. The van der Waals surface area contributed by atoms with Gasteiger partial charge in [-0.25, -0.2) is 4.98 Å². The van der Waals surface area contributed by atoms with Crippen LogP contribution in [0.1, 0.15) is 62.6 Å². The van der Waals surface area contributed by atoms with Crippen molar-refractivity contribution in [3.8, 4) is 0 Å². The highest BCUT2D eigenvalue weighted by Crippen LogP contribution is 2.37. The third-order valence-corrected chi connectivity index (χ3v) is 5.12. The Hall–Kier alpha value is -2.77. The number of nitrogens with zero attached hydrogens (tertiary/aromatic N) is 3. The summed E-state index contributed by atoms with van der Waals surface area (Å²) < 4.78 is 5.48. The van der Waals surface area contributed by atoms with Crippen molar-refractivity contribution in [2.24, 2.45) is 11.1 Å². The lowest BCUT2D eigenvalue weighted by Gasteiger charge is -2.32. The Balaban J connectivity index is 1.96. The first kappa shape index (κ1) is 19.0. The Labute approximate surface area is 157 Å². The number of hydrogen-bond donors (Lipinski definition) is 1. The lowest BCUT2D eigenvalue weighted by molar-refractivity contribution is -0.148. The van der Waals surface area contributed by atoms with Gasteiger partial charge in [-0.1, -0.05) is 32.6 Å². The third-order valence-electron chi connectivity index (χ3n) is 5.12. The molecular weight excluding hydrogens is 348 g/mol. The van der Waals surface area contributed by atoms with Crippen molar-refractivity contribution in [3.63, 3.8) is 0 Å². The van der Waals surface area contributed by atoms with E-state index in [1.165, 1.54) is 0 Å². The van der Waals surface area contributed by atoms with Crippen LogP contribution in [0.15, 0.2) is 22.7 Å². The zero-order valence-electron chi connectivity index (χ0n) is 15.4. The zero-order valence-corrected chi connectivity index (χ0v) is 15.4. The summed E-state index contributed by atoms with van der Waals surface area (Å²) >= 11 is 0. The number of oxazole rings is 1. The second-order valence-corrected chi connectivity index (χ2v) is 6.97. The molecule has 0 radical (unpaired) electrons. The lowest BCUT2D eigenvalue weighted by Crippen LogP contribution is -2.53. The van der Waals surface area contributed by atoms with Crippen molar-refractivity contribution in [3.05, 3.63) is 24.2 Å². The quantitative estimate of drug-likeness (QED) is 0.489. The molecule has 1 aliphatic carbocycles. The number of amides is 3. The van der Waals surface area contributed by atoms with E-state index < -0.39 is 23.1 Å². The van der Waals surface area contributed by atoms with E-state index in [0.717, 1.165) is 30.6 Å². The molecule has 8 heteroatoms. The smallest absolute Gasteiger partial charge is 0.316 e. The molecule has 0 aromatic carbocycles. The fraction of sp³-hybridized carbons (Fsp3) is 0.526. The molecule has 2 aromatic rings. The van der Waals surface area contributed by atoms with Crippen LogP contribution in [0, 0.1) is 5.41 Å². The monoisotopic (exact) mass is 372 g/mol. The molecule has 27 heavy (non-hydrogen) atoms. The van der Waals surface area contributed by atoms with Gasteiger partial charge in [-0.2, -0.15) is 4.98 Å². The predicted molar refractivity (Wildman–Crippen MR) is 97.5 cm³/mol. The first-order chi connectivity index (χ1) is 13.0. The average Bonchev–Trinajstić information content (AvgIpc) is 2.93. The number of aromatic nitrogens is 2. The van der Waals surface area contributed by atoms with Crippen LogP contribution in [0.2, 0.25) is 0 Å². The molecule has 2 aromatic heterocycles. The summed E-state index contributed by atoms with van der Waals surface area (Å²) in [7, 11) is 0. The number of hydrogen-bond acceptors (Lipinski definition) is 6. The molecule has 1 saturated carbocycles.